The molecule has 0 saturated carbocycles. The van der Waals surface area contributed by atoms with Crippen molar-refractivity contribution < 1.29 is 9.53 Å². The van der Waals surface area contributed by atoms with Crippen LogP contribution < -0.4 is 4.90 Å². The van der Waals surface area contributed by atoms with Gasteiger partial charge in [-0.3, -0.25) is 0 Å². The first-order valence-electron chi connectivity index (χ1n) is 9.32. The number of aromatic nitrogens is 2. The van der Waals surface area contributed by atoms with Gasteiger partial charge in [0.25, 0.3) is 0 Å². The van der Waals surface area contributed by atoms with Crippen LogP contribution in [0.4, 0.5) is 10.6 Å². The summed E-state index contributed by atoms with van der Waals surface area (Å²) >= 11 is 6.09. The van der Waals surface area contributed by atoms with Crippen LogP contribution >= 0.6 is 11.6 Å². The Labute approximate surface area is 165 Å². The Morgan fingerprint density at radius 3 is 2.89 bits per heavy atom. The molecule has 27 heavy (non-hydrogen) atoms. The Bertz CT molecular complexity index is 821. The minimum atomic E-state index is -0.481. The van der Waals surface area contributed by atoms with Crippen LogP contribution in [0.3, 0.4) is 0 Å². The summed E-state index contributed by atoms with van der Waals surface area (Å²) in [6.07, 6.45) is 3.45. The minimum Gasteiger partial charge on any atom is -0.444 e. The average molecular weight is 391 g/mol. The number of rotatable bonds is 3. The van der Waals surface area contributed by atoms with E-state index in [4.69, 9.17) is 16.3 Å². The molecular formula is C20H27ClN4O2. The van der Waals surface area contributed by atoms with Gasteiger partial charge in [0.1, 0.15) is 17.7 Å². The van der Waals surface area contributed by atoms with Crippen molar-refractivity contribution in [2.75, 3.05) is 31.6 Å². The van der Waals surface area contributed by atoms with E-state index >= 15 is 0 Å². The minimum absolute atomic E-state index is 0.276. The largest absolute Gasteiger partial charge is 0.444 e. The van der Waals surface area contributed by atoms with Crippen LogP contribution in [0.1, 0.15) is 33.6 Å². The molecule has 0 bridgehead atoms. The number of hydrogen-bond donors (Lipinski definition) is 0. The topological polar surface area (TPSA) is 58.6 Å². The van der Waals surface area contributed by atoms with Crippen molar-refractivity contribution in [2.24, 2.45) is 5.92 Å². The number of piperidine rings is 1. The molecule has 0 radical (unpaired) electrons. The molecule has 1 aromatic carbocycles. The van der Waals surface area contributed by atoms with E-state index in [0.29, 0.717) is 17.5 Å². The van der Waals surface area contributed by atoms with Crippen molar-refractivity contribution >= 4 is 34.4 Å². The van der Waals surface area contributed by atoms with E-state index in [1.165, 1.54) is 0 Å². The number of halogens is 1. The number of amides is 1. The fraction of sp³-hybridized carbons (Fsp3) is 0.550. The predicted molar refractivity (Wildman–Crippen MR) is 108 cm³/mol. The molecule has 1 aliphatic rings. The van der Waals surface area contributed by atoms with Gasteiger partial charge in [-0.1, -0.05) is 11.6 Å². The summed E-state index contributed by atoms with van der Waals surface area (Å²) in [6, 6.07) is 5.71. The second-order valence-corrected chi connectivity index (χ2v) is 8.61. The van der Waals surface area contributed by atoms with Crippen molar-refractivity contribution in [3.05, 3.63) is 29.5 Å². The molecule has 1 atom stereocenters. The second kappa shape index (κ2) is 7.89. The Kier molecular flexibility index (Phi) is 5.75. The van der Waals surface area contributed by atoms with E-state index in [1.54, 1.807) is 18.3 Å². The third kappa shape index (κ3) is 5.01. The number of carbonyl (C=O) groups is 1. The van der Waals surface area contributed by atoms with Gasteiger partial charge in [-0.25, -0.2) is 14.8 Å². The molecule has 7 heteroatoms. The quantitative estimate of drug-likeness (QED) is 0.778. The summed E-state index contributed by atoms with van der Waals surface area (Å²) in [5.74, 6) is 1.30. The van der Waals surface area contributed by atoms with Gasteiger partial charge < -0.3 is 14.5 Å². The Balaban J connectivity index is 1.71. The van der Waals surface area contributed by atoms with Crippen molar-refractivity contribution in [3.63, 3.8) is 0 Å². The molecule has 1 amide bonds. The molecule has 3 rings (SSSR count). The fourth-order valence-corrected chi connectivity index (χ4v) is 3.64. The summed E-state index contributed by atoms with van der Waals surface area (Å²) in [5, 5.41) is 1.67. The van der Waals surface area contributed by atoms with E-state index in [2.05, 4.69) is 14.9 Å². The SMILES string of the molecule is CN(CC1CCCN(c2ncnc3cc(Cl)ccc23)C1)C(=O)OC(C)(C)C. The summed E-state index contributed by atoms with van der Waals surface area (Å²) < 4.78 is 5.46. The number of hydrogen-bond acceptors (Lipinski definition) is 5. The van der Waals surface area contributed by atoms with Crippen LogP contribution in [0, 0.1) is 5.92 Å². The molecule has 2 aromatic rings. The maximum Gasteiger partial charge on any atom is 0.410 e. The van der Waals surface area contributed by atoms with Crippen molar-refractivity contribution in [2.45, 2.75) is 39.2 Å². The highest BCUT2D eigenvalue weighted by molar-refractivity contribution is 6.31. The third-order valence-electron chi connectivity index (χ3n) is 4.63. The lowest BCUT2D eigenvalue weighted by Crippen LogP contribution is -2.43. The van der Waals surface area contributed by atoms with E-state index in [0.717, 1.165) is 42.7 Å². The second-order valence-electron chi connectivity index (χ2n) is 8.17. The van der Waals surface area contributed by atoms with E-state index < -0.39 is 5.60 Å². The van der Waals surface area contributed by atoms with E-state index in [-0.39, 0.29) is 6.09 Å². The van der Waals surface area contributed by atoms with E-state index in [1.807, 2.05) is 39.0 Å². The lowest BCUT2D eigenvalue weighted by molar-refractivity contribution is 0.0269. The highest BCUT2D eigenvalue weighted by Gasteiger charge is 2.26. The Morgan fingerprint density at radius 1 is 1.37 bits per heavy atom. The van der Waals surface area contributed by atoms with Gasteiger partial charge in [-0.2, -0.15) is 0 Å². The monoisotopic (exact) mass is 390 g/mol. The van der Waals surface area contributed by atoms with Gasteiger partial charge in [0.2, 0.25) is 0 Å². The van der Waals surface area contributed by atoms with Crippen molar-refractivity contribution in [3.8, 4) is 0 Å². The Hall–Kier alpha value is -2.08. The highest BCUT2D eigenvalue weighted by Crippen LogP contribution is 2.29. The van der Waals surface area contributed by atoms with E-state index in [9.17, 15) is 4.79 Å². The highest BCUT2D eigenvalue weighted by atomic mass is 35.5. The number of benzene rings is 1. The maximum absolute atomic E-state index is 12.2. The fourth-order valence-electron chi connectivity index (χ4n) is 3.48. The molecule has 1 fully saturated rings. The number of anilines is 1. The molecule has 0 aliphatic carbocycles. The lowest BCUT2D eigenvalue weighted by atomic mass is 9.97. The first-order chi connectivity index (χ1) is 12.7. The molecule has 6 nitrogen and oxygen atoms in total. The molecule has 1 unspecified atom stereocenters. The molecule has 1 aliphatic heterocycles. The molecule has 1 aromatic heterocycles. The van der Waals surface area contributed by atoms with Crippen molar-refractivity contribution in [1.82, 2.24) is 14.9 Å². The average Bonchev–Trinajstić information content (AvgIpc) is 2.59. The number of nitrogens with zero attached hydrogens (tertiary/aromatic N) is 4. The zero-order valence-electron chi connectivity index (χ0n) is 16.4. The number of fused-ring (bicyclic) bond motifs is 1. The first kappa shape index (κ1) is 19.7. The molecule has 1 saturated heterocycles. The van der Waals surface area contributed by atoms with Gasteiger partial charge in [-0.05, 0) is 57.7 Å². The zero-order valence-corrected chi connectivity index (χ0v) is 17.2. The van der Waals surface area contributed by atoms with Crippen LogP contribution in [0.15, 0.2) is 24.5 Å². The molecule has 0 N–H and O–H groups in total. The van der Waals surface area contributed by atoms with Gasteiger partial charge in [0.05, 0.1) is 5.52 Å². The summed E-state index contributed by atoms with van der Waals surface area (Å²) in [5.41, 5.74) is 0.367. The summed E-state index contributed by atoms with van der Waals surface area (Å²) in [6.45, 7) is 8.11. The predicted octanol–water partition coefficient (Wildman–Crippen LogP) is 4.37. The Morgan fingerprint density at radius 2 is 2.15 bits per heavy atom. The van der Waals surface area contributed by atoms with Crippen LogP contribution in [-0.2, 0) is 4.74 Å². The molecule has 146 valence electrons. The molecule has 2 heterocycles. The van der Waals surface area contributed by atoms with Crippen LogP contribution in [0.25, 0.3) is 10.9 Å². The van der Waals surface area contributed by atoms with Gasteiger partial charge in [0.15, 0.2) is 0 Å². The third-order valence-corrected chi connectivity index (χ3v) is 4.87. The lowest BCUT2D eigenvalue weighted by Gasteiger charge is -2.36. The van der Waals surface area contributed by atoms with Gasteiger partial charge >= 0.3 is 6.09 Å². The van der Waals surface area contributed by atoms with Gasteiger partial charge in [0, 0.05) is 37.1 Å². The zero-order chi connectivity index (χ0) is 19.6. The van der Waals surface area contributed by atoms with Crippen LogP contribution in [-0.4, -0.2) is 53.2 Å². The first-order valence-corrected chi connectivity index (χ1v) is 9.70. The normalized spacial score (nSPS) is 17.8. The molecular weight excluding hydrogens is 364 g/mol. The van der Waals surface area contributed by atoms with Crippen molar-refractivity contribution in [1.29, 1.82) is 0 Å². The maximum atomic E-state index is 12.2. The summed E-state index contributed by atoms with van der Waals surface area (Å²) in [4.78, 5) is 25.1. The smallest absolute Gasteiger partial charge is 0.410 e. The molecule has 0 spiro atoms. The number of carbonyl (C=O) groups excluding carboxylic acids is 1. The van der Waals surface area contributed by atoms with Crippen LogP contribution in [0.5, 0.6) is 0 Å². The summed E-state index contributed by atoms with van der Waals surface area (Å²) in [7, 11) is 1.80. The number of ether oxygens (including phenoxy) is 1. The standard InChI is InChI=1S/C20H27ClN4O2/c1-20(2,3)27-19(26)24(4)11-14-6-5-9-25(12-14)18-16-8-7-15(21)10-17(16)22-13-23-18/h7-8,10,13-14H,5-6,9,11-12H2,1-4H3. The van der Waals surface area contributed by atoms with Gasteiger partial charge in [-0.15, -0.1) is 0 Å². The van der Waals surface area contributed by atoms with Crippen LogP contribution in [0.2, 0.25) is 5.02 Å².